The van der Waals surface area contributed by atoms with E-state index < -0.39 is 0 Å². The van der Waals surface area contributed by atoms with Gasteiger partial charge in [0.2, 0.25) is 5.91 Å². The molecule has 0 atom stereocenters. The second-order valence-corrected chi connectivity index (χ2v) is 3.99. The van der Waals surface area contributed by atoms with E-state index in [1.54, 1.807) is 0 Å². The molecule has 0 radical (unpaired) electrons. The van der Waals surface area contributed by atoms with Crippen LogP contribution in [0.15, 0.2) is 0 Å². The summed E-state index contributed by atoms with van der Waals surface area (Å²) >= 11 is 0. The summed E-state index contributed by atoms with van der Waals surface area (Å²) in [5.74, 6) is 1.05. The van der Waals surface area contributed by atoms with Gasteiger partial charge >= 0.3 is 0 Å². The number of carbonyl (C=O) groups excluding carboxylic acids is 1. The number of hydrogen-bond donors (Lipinski definition) is 0. The second-order valence-electron chi connectivity index (χ2n) is 3.99. The first-order valence-electron chi connectivity index (χ1n) is 5.22. The maximum atomic E-state index is 11.7. The quantitative estimate of drug-likeness (QED) is 0.640. The summed E-state index contributed by atoms with van der Waals surface area (Å²) in [4.78, 5) is 13.6. The molecule has 1 saturated heterocycles. The van der Waals surface area contributed by atoms with E-state index in [-0.39, 0.29) is 0 Å². The van der Waals surface area contributed by atoms with Crippen molar-refractivity contribution in [1.29, 1.82) is 0 Å². The lowest BCUT2D eigenvalue weighted by molar-refractivity contribution is -0.131. The fraction of sp³-hybridized carbons (Fsp3) is 0.900. The highest BCUT2D eigenvalue weighted by atomic mass is 16.5. The molecule has 0 unspecified atom stereocenters. The van der Waals surface area contributed by atoms with Gasteiger partial charge in [-0.15, -0.1) is 0 Å². The van der Waals surface area contributed by atoms with E-state index in [4.69, 9.17) is 4.74 Å². The molecule has 0 N–H and O–H groups in total. The van der Waals surface area contributed by atoms with Gasteiger partial charge in [-0.3, -0.25) is 4.79 Å². The first kappa shape index (κ1) is 9.00. The smallest absolute Gasteiger partial charge is 0.222 e. The molecule has 74 valence electrons. The summed E-state index contributed by atoms with van der Waals surface area (Å²) in [6, 6.07) is 0. The maximum Gasteiger partial charge on any atom is 0.222 e. The Bertz CT molecular complexity index is 181. The minimum Gasteiger partial charge on any atom is -0.380 e. The zero-order chi connectivity index (χ0) is 9.10. The summed E-state index contributed by atoms with van der Waals surface area (Å²) in [5, 5.41) is 0. The Labute approximate surface area is 79.0 Å². The van der Waals surface area contributed by atoms with Crippen LogP contribution in [0.5, 0.6) is 0 Å². The second kappa shape index (κ2) is 4.09. The molecule has 1 aliphatic heterocycles. The first-order valence-corrected chi connectivity index (χ1v) is 5.22. The fourth-order valence-corrected chi connectivity index (χ4v) is 1.69. The lowest BCUT2D eigenvalue weighted by atomic mass is 10.2. The minimum absolute atomic E-state index is 0.341. The van der Waals surface area contributed by atoms with Crippen LogP contribution in [-0.4, -0.2) is 37.1 Å². The van der Waals surface area contributed by atoms with E-state index in [1.807, 2.05) is 4.90 Å². The molecule has 13 heavy (non-hydrogen) atoms. The Morgan fingerprint density at radius 1 is 1.31 bits per heavy atom. The third-order valence-electron chi connectivity index (χ3n) is 2.74. The zero-order valence-electron chi connectivity index (χ0n) is 8.00. The average Bonchev–Trinajstić information content (AvgIpc) is 2.87. The first-order chi connectivity index (χ1) is 6.36. The Morgan fingerprint density at radius 2 is 2.15 bits per heavy atom. The molecule has 0 spiro atoms. The van der Waals surface area contributed by atoms with Crippen LogP contribution in [0.1, 0.15) is 25.7 Å². The van der Waals surface area contributed by atoms with E-state index in [1.165, 1.54) is 12.8 Å². The molecular formula is C10H17NO2. The third kappa shape index (κ3) is 2.69. The Morgan fingerprint density at radius 3 is 2.92 bits per heavy atom. The predicted molar refractivity (Wildman–Crippen MR) is 49.4 cm³/mol. The van der Waals surface area contributed by atoms with Gasteiger partial charge in [0, 0.05) is 26.1 Å². The largest absolute Gasteiger partial charge is 0.380 e. The van der Waals surface area contributed by atoms with Crippen molar-refractivity contribution in [1.82, 2.24) is 4.90 Å². The molecule has 1 aliphatic carbocycles. The number of rotatable bonds is 2. The van der Waals surface area contributed by atoms with E-state index in [2.05, 4.69) is 0 Å². The molecule has 1 saturated carbocycles. The van der Waals surface area contributed by atoms with Gasteiger partial charge in [-0.1, -0.05) is 0 Å². The van der Waals surface area contributed by atoms with Gasteiger partial charge in [-0.25, -0.2) is 0 Å². The van der Waals surface area contributed by atoms with Crippen molar-refractivity contribution in [2.45, 2.75) is 25.7 Å². The lowest BCUT2D eigenvalue weighted by Gasteiger charge is -2.19. The standard InChI is InChI=1S/C10H17NO2/c12-10(8-9-2-3-9)11-4-1-6-13-7-5-11/h9H,1-8H2. The molecule has 0 bridgehead atoms. The monoisotopic (exact) mass is 183 g/mol. The molecule has 3 nitrogen and oxygen atoms in total. The molecule has 3 heteroatoms. The van der Waals surface area contributed by atoms with Gasteiger partial charge in [-0.2, -0.15) is 0 Å². The van der Waals surface area contributed by atoms with Crippen molar-refractivity contribution < 1.29 is 9.53 Å². The Balaban J connectivity index is 1.78. The third-order valence-corrected chi connectivity index (χ3v) is 2.74. The van der Waals surface area contributed by atoms with Gasteiger partial charge in [0.05, 0.1) is 6.61 Å². The summed E-state index contributed by atoms with van der Waals surface area (Å²) < 4.78 is 5.30. The van der Waals surface area contributed by atoms with Crippen LogP contribution in [0, 0.1) is 5.92 Å². The number of hydrogen-bond acceptors (Lipinski definition) is 2. The molecule has 2 rings (SSSR count). The molecule has 1 amide bonds. The van der Waals surface area contributed by atoms with Gasteiger partial charge in [-0.05, 0) is 25.2 Å². The SMILES string of the molecule is O=C(CC1CC1)N1CCCOCC1. The van der Waals surface area contributed by atoms with Crippen molar-refractivity contribution in [2.75, 3.05) is 26.3 Å². The highest BCUT2D eigenvalue weighted by Crippen LogP contribution is 2.32. The van der Waals surface area contributed by atoms with Crippen molar-refractivity contribution in [3.8, 4) is 0 Å². The van der Waals surface area contributed by atoms with Crippen molar-refractivity contribution in [3.63, 3.8) is 0 Å². The van der Waals surface area contributed by atoms with Crippen LogP contribution >= 0.6 is 0 Å². The van der Waals surface area contributed by atoms with Crippen LogP contribution in [-0.2, 0) is 9.53 Å². The van der Waals surface area contributed by atoms with Crippen molar-refractivity contribution >= 4 is 5.91 Å². The normalized spacial score (nSPS) is 24.2. The van der Waals surface area contributed by atoms with E-state index in [9.17, 15) is 4.79 Å². The Kier molecular flexibility index (Phi) is 2.83. The number of nitrogens with zero attached hydrogens (tertiary/aromatic N) is 1. The van der Waals surface area contributed by atoms with Crippen molar-refractivity contribution in [2.24, 2.45) is 5.92 Å². The summed E-state index contributed by atoms with van der Waals surface area (Å²) in [7, 11) is 0. The highest BCUT2D eigenvalue weighted by molar-refractivity contribution is 5.76. The molecule has 1 heterocycles. The molecule has 0 aromatic heterocycles. The minimum atomic E-state index is 0.341. The average molecular weight is 183 g/mol. The fourth-order valence-electron chi connectivity index (χ4n) is 1.69. The molecule has 0 aromatic carbocycles. The summed E-state index contributed by atoms with van der Waals surface area (Å²) in [5.41, 5.74) is 0. The van der Waals surface area contributed by atoms with Crippen LogP contribution in [0.2, 0.25) is 0 Å². The summed E-state index contributed by atoms with van der Waals surface area (Å²) in [6.07, 6.45) is 4.29. The van der Waals surface area contributed by atoms with E-state index in [0.717, 1.165) is 39.1 Å². The molecule has 2 fully saturated rings. The zero-order valence-corrected chi connectivity index (χ0v) is 8.00. The maximum absolute atomic E-state index is 11.7. The highest BCUT2D eigenvalue weighted by Gasteiger charge is 2.27. The summed E-state index contributed by atoms with van der Waals surface area (Å²) in [6.45, 7) is 3.22. The van der Waals surface area contributed by atoms with Crippen LogP contribution in [0.3, 0.4) is 0 Å². The number of carbonyl (C=O) groups is 1. The molecular weight excluding hydrogens is 166 g/mol. The van der Waals surface area contributed by atoms with Crippen LogP contribution < -0.4 is 0 Å². The van der Waals surface area contributed by atoms with E-state index in [0.29, 0.717) is 11.8 Å². The van der Waals surface area contributed by atoms with E-state index >= 15 is 0 Å². The van der Waals surface area contributed by atoms with Gasteiger partial charge in [0.15, 0.2) is 0 Å². The molecule has 2 aliphatic rings. The van der Waals surface area contributed by atoms with Gasteiger partial charge in [0.1, 0.15) is 0 Å². The number of ether oxygens (including phenoxy) is 1. The van der Waals surface area contributed by atoms with Gasteiger partial charge < -0.3 is 9.64 Å². The lowest BCUT2D eigenvalue weighted by Crippen LogP contribution is -2.33. The molecule has 0 aromatic rings. The van der Waals surface area contributed by atoms with Crippen LogP contribution in [0.25, 0.3) is 0 Å². The van der Waals surface area contributed by atoms with Crippen molar-refractivity contribution in [3.05, 3.63) is 0 Å². The van der Waals surface area contributed by atoms with Crippen LogP contribution in [0.4, 0.5) is 0 Å². The van der Waals surface area contributed by atoms with Gasteiger partial charge in [0.25, 0.3) is 0 Å². The number of amides is 1. The Hall–Kier alpha value is -0.570. The topological polar surface area (TPSA) is 29.5 Å². The predicted octanol–water partition coefficient (Wildman–Crippen LogP) is 1.04.